The van der Waals surface area contributed by atoms with Crippen LogP contribution in [0.25, 0.3) is 32.8 Å². The van der Waals surface area contributed by atoms with E-state index in [1.807, 2.05) is 71.8 Å². The van der Waals surface area contributed by atoms with E-state index in [-0.39, 0.29) is 0 Å². The van der Waals surface area contributed by atoms with Crippen LogP contribution in [0, 0.1) is 6.92 Å². The van der Waals surface area contributed by atoms with Gasteiger partial charge in [0.25, 0.3) is 0 Å². The minimum absolute atomic E-state index is 0.329. The fraction of sp³-hybridized carbons (Fsp3) is 0.250. The molecule has 1 N–H and O–H groups in total. The summed E-state index contributed by atoms with van der Waals surface area (Å²) in [5.74, 6) is -0.0811. The molecule has 7 nitrogen and oxygen atoms in total. The maximum atomic E-state index is 12.7. The van der Waals surface area contributed by atoms with Crippen LogP contribution in [-0.4, -0.2) is 38.6 Å². The van der Waals surface area contributed by atoms with Gasteiger partial charge in [-0.1, -0.05) is 66.7 Å². The Morgan fingerprint density at radius 3 is 2.72 bits per heavy atom. The predicted octanol–water partition coefficient (Wildman–Crippen LogP) is 6.30. The summed E-state index contributed by atoms with van der Waals surface area (Å²) in [7, 11) is 1.93. The Bertz CT molecular complexity index is 1720. The third-order valence-corrected chi connectivity index (χ3v) is 7.55. The van der Waals surface area contributed by atoms with E-state index in [0.717, 1.165) is 55.5 Å². The number of ether oxygens (including phenoxy) is 2. The molecular weight excluding hydrogens is 490 g/mol. The average Bonchev–Trinajstić information content (AvgIpc) is 3.40. The number of allylic oxidation sites excluding steroid dienone is 1. The van der Waals surface area contributed by atoms with Gasteiger partial charge in [-0.15, -0.1) is 0 Å². The number of benzene rings is 3. The molecule has 0 bridgehead atoms. The van der Waals surface area contributed by atoms with Crippen molar-refractivity contribution in [1.29, 1.82) is 0 Å². The average molecular weight is 522 g/mol. The van der Waals surface area contributed by atoms with Crippen LogP contribution in [0.1, 0.15) is 33.9 Å². The van der Waals surface area contributed by atoms with Gasteiger partial charge in [-0.3, -0.25) is 4.68 Å². The van der Waals surface area contributed by atoms with Crippen molar-refractivity contribution in [2.24, 2.45) is 7.05 Å². The highest BCUT2D eigenvalue weighted by Gasteiger charge is 2.26. The maximum Gasteiger partial charge on any atom is 0.352 e. The summed E-state index contributed by atoms with van der Waals surface area (Å²) in [6.07, 6.45) is 5.20. The van der Waals surface area contributed by atoms with E-state index >= 15 is 0 Å². The number of para-hydroxylation sites is 1. The molecule has 0 saturated heterocycles. The molecular formula is C32H31N3O4. The van der Waals surface area contributed by atoms with Crippen molar-refractivity contribution in [2.45, 2.75) is 32.9 Å². The molecule has 0 radical (unpaired) electrons. The normalized spacial score (nSPS) is 14.2. The van der Waals surface area contributed by atoms with E-state index < -0.39 is 5.97 Å². The zero-order valence-electron chi connectivity index (χ0n) is 22.2. The van der Waals surface area contributed by atoms with E-state index in [0.29, 0.717) is 44.9 Å². The lowest BCUT2D eigenvalue weighted by Gasteiger charge is -2.11. The monoisotopic (exact) mass is 521 g/mol. The Morgan fingerprint density at radius 2 is 1.85 bits per heavy atom. The number of hydrogen-bond acceptors (Lipinski definition) is 4. The summed E-state index contributed by atoms with van der Waals surface area (Å²) in [5, 5.41) is 18.3. The molecule has 39 heavy (non-hydrogen) atoms. The molecule has 3 aromatic carbocycles. The second-order valence-corrected chi connectivity index (χ2v) is 9.89. The SMILES string of the molecule is Cc1c2c(nn1C)COC/C=C\Cn1c(C(=O)O)c(CCCOc3cccc4ccccc34)c3cccc-2c31. The number of carboxylic acid groups (broad SMARTS) is 1. The van der Waals surface area contributed by atoms with E-state index in [1.54, 1.807) is 0 Å². The van der Waals surface area contributed by atoms with Crippen LogP contribution in [0.3, 0.4) is 0 Å². The van der Waals surface area contributed by atoms with Gasteiger partial charge in [0.2, 0.25) is 0 Å². The summed E-state index contributed by atoms with van der Waals surface area (Å²) >= 11 is 0. The van der Waals surface area contributed by atoms with Crippen LogP contribution < -0.4 is 4.74 Å². The molecule has 198 valence electrons. The molecule has 0 spiro atoms. The van der Waals surface area contributed by atoms with Crippen LogP contribution in [-0.2, 0) is 31.4 Å². The minimum atomic E-state index is -0.926. The summed E-state index contributed by atoms with van der Waals surface area (Å²) < 4.78 is 15.8. The Morgan fingerprint density at radius 1 is 1.05 bits per heavy atom. The van der Waals surface area contributed by atoms with E-state index in [4.69, 9.17) is 14.6 Å². The zero-order valence-corrected chi connectivity index (χ0v) is 22.2. The van der Waals surface area contributed by atoms with Gasteiger partial charge in [-0.05, 0) is 36.8 Å². The van der Waals surface area contributed by atoms with Crippen LogP contribution in [0.4, 0.5) is 0 Å². The number of carbonyl (C=O) groups is 1. The predicted molar refractivity (Wildman–Crippen MR) is 152 cm³/mol. The first kappa shape index (κ1) is 24.9. The minimum Gasteiger partial charge on any atom is -0.493 e. The van der Waals surface area contributed by atoms with Gasteiger partial charge in [-0.2, -0.15) is 5.10 Å². The third-order valence-electron chi connectivity index (χ3n) is 7.55. The molecule has 7 heteroatoms. The molecule has 0 unspecified atom stereocenters. The molecule has 3 heterocycles. The summed E-state index contributed by atoms with van der Waals surface area (Å²) in [6, 6.07) is 20.3. The Kier molecular flexibility index (Phi) is 6.67. The summed E-state index contributed by atoms with van der Waals surface area (Å²) in [4.78, 5) is 12.7. The first-order valence-electron chi connectivity index (χ1n) is 13.3. The van der Waals surface area contributed by atoms with Gasteiger partial charge in [-0.25, -0.2) is 4.79 Å². The maximum absolute atomic E-state index is 12.7. The van der Waals surface area contributed by atoms with Gasteiger partial charge in [0, 0.05) is 41.2 Å². The largest absolute Gasteiger partial charge is 0.493 e. The molecule has 6 rings (SSSR count). The highest BCUT2D eigenvalue weighted by atomic mass is 16.5. The van der Waals surface area contributed by atoms with Gasteiger partial charge in [0.05, 0.1) is 31.0 Å². The van der Waals surface area contributed by atoms with Gasteiger partial charge < -0.3 is 19.1 Å². The first-order chi connectivity index (χ1) is 19.0. The van der Waals surface area contributed by atoms with Crippen LogP contribution in [0.2, 0.25) is 0 Å². The number of fused-ring (bicyclic) bond motifs is 3. The molecule has 1 aliphatic heterocycles. The number of nitrogens with zero attached hydrogens (tertiary/aromatic N) is 3. The van der Waals surface area contributed by atoms with Crippen LogP contribution in [0.15, 0.2) is 72.8 Å². The van der Waals surface area contributed by atoms with Crippen molar-refractivity contribution in [3.05, 3.63) is 95.5 Å². The molecule has 0 fully saturated rings. The molecule has 2 aromatic heterocycles. The second-order valence-electron chi connectivity index (χ2n) is 9.89. The first-order valence-corrected chi connectivity index (χ1v) is 13.3. The van der Waals surface area contributed by atoms with Crippen molar-refractivity contribution in [3.8, 4) is 16.9 Å². The van der Waals surface area contributed by atoms with Gasteiger partial charge in [0.15, 0.2) is 0 Å². The number of carboxylic acids is 1. The number of rotatable bonds is 6. The topological polar surface area (TPSA) is 78.5 Å². The van der Waals surface area contributed by atoms with Crippen molar-refractivity contribution < 1.29 is 19.4 Å². The Hall–Kier alpha value is -4.36. The summed E-state index contributed by atoms with van der Waals surface area (Å²) in [5.41, 5.74) is 5.94. The Balaban J connectivity index is 1.40. The zero-order chi connectivity index (χ0) is 26.9. The standard InChI is InChI=1S/C32H31N3O4/c1-21-29-26-14-8-13-24-25(15-9-19-39-28-16-7-11-22-10-3-4-12-23(22)28)31(32(36)37)35(30(24)26)17-5-6-18-38-20-27(29)33-34(21)2/h3-8,10-14,16H,9,15,17-20H2,1-2H3,(H,36,37)/b6-5-. The third kappa shape index (κ3) is 4.49. The lowest BCUT2D eigenvalue weighted by Crippen LogP contribution is -2.11. The van der Waals surface area contributed by atoms with Gasteiger partial charge in [0.1, 0.15) is 11.4 Å². The molecule has 1 aliphatic rings. The fourth-order valence-electron chi connectivity index (χ4n) is 5.71. The van der Waals surface area contributed by atoms with Crippen molar-refractivity contribution in [2.75, 3.05) is 13.2 Å². The fourth-order valence-corrected chi connectivity index (χ4v) is 5.71. The Labute approximate surface area is 226 Å². The van der Waals surface area contributed by atoms with Crippen molar-refractivity contribution >= 4 is 27.6 Å². The number of aryl methyl sites for hydroxylation is 2. The lowest BCUT2D eigenvalue weighted by molar-refractivity contribution is 0.0685. The molecule has 0 amide bonds. The molecule has 0 atom stereocenters. The second kappa shape index (κ2) is 10.4. The quantitative estimate of drug-likeness (QED) is 0.210. The smallest absolute Gasteiger partial charge is 0.352 e. The number of hydrogen-bond donors (Lipinski definition) is 1. The van der Waals surface area contributed by atoms with E-state index in [9.17, 15) is 9.90 Å². The molecule has 0 aliphatic carbocycles. The van der Waals surface area contributed by atoms with Crippen molar-refractivity contribution in [1.82, 2.24) is 14.3 Å². The van der Waals surface area contributed by atoms with Crippen molar-refractivity contribution in [3.63, 3.8) is 0 Å². The highest BCUT2D eigenvalue weighted by Crippen LogP contribution is 2.38. The van der Waals surface area contributed by atoms with E-state index in [2.05, 4.69) is 24.3 Å². The van der Waals surface area contributed by atoms with Gasteiger partial charge >= 0.3 is 5.97 Å². The molecule has 0 saturated carbocycles. The van der Waals surface area contributed by atoms with Crippen LogP contribution >= 0.6 is 0 Å². The number of aromatic carboxylic acids is 1. The lowest BCUT2D eigenvalue weighted by atomic mass is 9.98. The highest BCUT2D eigenvalue weighted by molar-refractivity contribution is 6.04. The van der Waals surface area contributed by atoms with Crippen LogP contribution in [0.5, 0.6) is 5.75 Å². The summed E-state index contributed by atoms with van der Waals surface area (Å²) in [6.45, 7) is 3.81. The number of aromatic nitrogens is 3. The molecule has 5 aromatic rings. The van der Waals surface area contributed by atoms with E-state index in [1.165, 1.54) is 0 Å².